The lowest BCUT2D eigenvalue weighted by molar-refractivity contribution is 0.480. The first-order valence-electron chi connectivity index (χ1n) is 8.68. The van der Waals surface area contributed by atoms with Crippen molar-refractivity contribution in [3.05, 3.63) is 41.7 Å². The van der Waals surface area contributed by atoms with Crippen molar-refractivity contribution in [2.24, 2.45) is 0 Å². The summed E-state index contributed by atoms with van der Waals surface area (Å²) in [6, 6.07) is 11.2. The van der Waals surface area contributed by atoms with Gasteiger partial charge in [0.1, 0.15) is 0 Å². The van der Waals surface area contributed by atoms with Crippen molar-refractivity contribution < 1.29 is 0 Å². The summed E-state index contributed by atoms with van der Waals surface area (Å²) >= 11 is 0. The second-order valence-electron chi connectivity index (χ2n) is 6.67. The Balaban J connectivity index is 2.75. The van der Waals surface area contributed by atoms with Crippen LogP contribution < -0.4 is 0 Å². The molecule has 0 saturated carbocycles. The predicted molar refractivity (Wildman–Crippen MR) is 95.5 cm³/mol. The van der Waals surface area contributed by atoms with Crippen LogP contribution in [0.15, 0.2) is 30.3 Å². The molecule has 0 radical (unpaired) electrons. The Morgan fingerprint density at radius 2 is 1.50 bits per heavy atom. The van der Waals surface area contributed by atoms with E-state index in [0.29, 0.717) is 17.9 Å². The van der Waals surface area contributed by atoms with Crippen LogP contribution in [0.5, 0.6) is 0 Å². The number of benzene rings is 1. The number of rotatable bonds is 6. The maximum atomic E-state index is 5.04. The van der Waals surface area contributed by atoms with Gasteiger partial charge in [0, 0.05) is 23.2 Å². The fraction of sp³-hybridized carbons (Fsp3) is 0.550. The third-order valence-electron chi connectivity index (χ3n) is 4.68. The molecule has 2 heteroatoms. The van der Waals surface area contributed by atoms with Gasteiger partial charge in [-0.2, -0.15) is 5.10 Å². The largest absolute Gasteiger partial charge is 0.266 e. The summed E-state index contributed by atoms with van der Waals surface area (Å²) in [7, 11) is 0. The highest BCUT2D eigenvalue weighted by Crippen LogP contribution is 2.39. The first-order chi connectivity index (χ1) is 10.5. The molecule has 1 aromatic carbocycles. The van der Waals surface area contributed by atoms with Crippen LogP contribution in [0.2, 0.25) is 0 Å². The van der Waals surface area contributed by atoms with Crippen LogP contribution in [0.4, 0.5) is 0 Å². The van der Waals surface area contributed by atoms with E-state index < -0.39 is 0 Å². The van der Waals surface area contributed by atoms with Crippen molar-refractivity contribution in [1.82, 2.24) is 9.78 Å². The van der Waals surface area contributed by atoms with Crippen molar-refractivity contribution in [3.8, 4) is 11.1 Å². The van der Waals surface area contributed by atoms with Crippen LogP contribution in [0.25, 0.3) is 11.1 Å². The van der Waals surface area contributed by atoms with Gasteiger partial charge in [-0.05, 0) is 38.2 Å². The molecule has 0 aliphatic carbocycles. The summed E-state index contributed by atoms with van der Waals surface area (Å²) in [4.78, 5) is 0. The van der Waals surface area contributed by atoms with Gasteiger partial charge in [0.05, 0.1) is 5.69 Å². The SMILES string of the molecule is CCC(C)c1nn(C(C)C)c(C(C)CC)c1-c1ccccc1. The summed E-state index contributed by atoms with van der Waals surface area (Å²) in [6.45, 7) is 13.6. The number of aromatic nitrogens is 2. The van der Waals surface area contributed by atoms with Crippen LogP contribution in [0.1, 0.15) is 83.6 Å². The summed E-state index contributed by atoms with van der Waals surface area (Å²) in [6.07, 6.45) is 2.26. The Labute approximate surface area is 135 Å². The minimum absolute atomic E-state index is 0.393. The van der Waals surface area contributed by atoms with Crippen molar-refractivity contribution in [3.63, 3.8) is 0 Å². The molecular weight excluding hydrogens is 268 g/mol. The van der Waals surface area contributed by atoms with Gasteiger partial charge in [-0.1, -0.05) is 58.0 Å². The fourth-order valence-corrected chi connectivity index (χ4v) is 2.96. The zero-order valence-electron chi connectivity index (χ0n) is 14.9. The molecule has 0 saturated heterocycles. The molecular formula is C20H30N2. The molecule has 0 aliphatic heterocycles. The topological polar surface area (TPSA) is 17.8 Å². The van der Waals surface area contributed by atoms with E-state index in [1.807, 2.05) is 0 Å². The second-order valence-corrected chi connectivity index (χ2v) is 6.67. The Kier molecular flexibility index (Phi) is 5.44. The zero-order chi connectivity index (χ0) is 16.3. The lowest BCUT2D eigenvalue weighted by atomic mass is 9.90. The molecule has 120 valence electrons. The Morgan fingerprint density at radius 1 is 0.909 bits per heavy atom. The van der Waals surface area contributed by atoms with Gasteiger partial charge in [0.2, 0.25) is 0 Å². The van der Waals surface area contributed by atoms with Crippen molar-refractivity contribution in [2.45, 2.75) is 72.3 Å². The summed E-state index contributed by atoms with van der Waals surface area (Å²) < 4.78 is 2.26. The average molecular weight is 298 g/mol. The maximum Gasteiger partial charge on any atom is 0.0734 e. The molecule has 0 aliphatic rings. The van der Waals surface area contributed by atoms with E-state index in [-0.39, 0.29) is 0 Å². The maximum absolute atomic E-state index is 5.04. The lowest BCUT2D eigenvalue weighted by Crippen LogP contribution is -2.10. The van der Waals surface area contributed by atoms with Gasteiger partial charge >= 0.3 is 0 Å². The molecule has 2 aromatic rings. The zero-order valence-corrected chi connectivity index (χ0v) is 14.9. The van der Waals surface area contributed by atoms with Gasteiger partial charge in [-0.15, -0.1) is 0 Å². The monoisotopic (exact) mass is 298 g/mol. The first-order valence-corrected chi connectivity index (χ1v) is 8.68. The standard InChI is InChI=1S/C20H30N2/c1-7-15(5)19-18(17-12-10-9-11-13-17)20(16(6)8-2)22(21-19)14(3)4/h9-16H,7-8H2,1-6H3. The van der Waals surface area contributed by atoms with Gasteiger partial charge in [0.25, 0.3) is 0 Å². The molecule has 0 fully saturated rings. The Morgan fingerprint density at radius 3 is 2.00 bits per heavy atom. The van der Waals surface area contributed by atoms with Crippen LogP contribution >= 0.6 is 0 Å². The van der Waals surface area contributed by atoms with Crippen LogP contribution in [0.3, 0.4) is 0 Å². The van der Waals surface area contributed by atoms with Crippen LogP contribution in [-0.2, 0) is 0 Å². The molecule has 2 nitrogen and oxygen atoms in total. The number of nitrogens with zero attached hydrogens (tertiary/aromatic N) is 2. The molecule has 1 heterocycles. The van der Waals surface area contributed by atoms with Gasteiger partial charge in [-0.3, -0.25) is 4.68 Å². The van der Waals surface area contributed by atoms with E-state index in [1.165, 1.54) is 22.5 Å². The van der Waals surface area contributed by atoms with Crippen molar-refractivity contribution in [2.75, 3.05) is 0 Å². The normalized spacial score (nSPS) is 14.3. The fourth-order valence-electron chi connectivity index (χ4n) is 2.96. The van der Waals surface area contributed by atoms with E-state index in [4.69, 9.17) is 5.10 Å². The van der Waals surface area contributed by atoms with E-state index >= 15 is 0 Å². The van der Waals surface area contributed by atoms with E-state index in [2.05, 4.69) is 76.6 Å². The molecule has 0 spiro atoms. The van der Waals surface area contributed by atoms with E-state index in [0.717, 1.165) is 12.8 Å². The number of hydrogen-bond acceptors (Lipinski definition) is 1. The summed E-state index contributed by atoms with van der Waals surface area (Å²) in [5.41, 5.74) is 5.34. The highest BCUT2D eigenvalue weighted by atomic mass is 15.3. The minimum atomic E-state index is 0.393. The van der Waals surface area contributed by atoms with Gasteiger partial charge in [0.15, 0.2) is 0 Å². The summed E-state index contributed by atoms with van der Waals surface area (Å²) in [5.74, 6) is 1.00. The third-order valence-corrected chi connectivity index (χ3v) is 4.68. The lowest BCUT2D eigenvalue weighted by Gasteiger charge is -2.18. The smallest absolute Gasteiger partial charge is 0.0734 e. The molecule has 0 N–H and O–H groups in total. The molecule has 1 aromatic heterocycles. The van der Waals surface area contributed by atoms with Crippen LogP contribution in [-0.4, -0.2) is 9.78 Å². The third kappa shape index (κ3) is 3.11. The van der Waals surface area contributed by atoms with Crippen molar-refractivity contribution in [1.29, 1.82) is 0 Å². The number of hydrogen-bond donors (Lipinski definition) is 0. The van der Waals surface area contributed by atoms with Crippen molar-refractivity contribution >= 4 is 0 Å². The highest BCUT2D eigenvalue weighted by molar-refractivity contribution is 5.70. The quantitative estimate of drug-likeness (QED) is 0.624. The Hall–Kier alpha value is -1.57. The molecule has 0 amide bonds. The minimum Gasteiger partial charge on any atom is -0.266 e. The van der Waals surface area contributed by atoms with E-state index in [1.54, 1.807) is 0 Å². The summed E-state index contributed by atoms with van der Waals surface area (Å²) in [5, 5.41) is 5.04. The molecule has 22 heavy (non-hydrogen) atoms. The van der Waals surface area contributed by atoms with Gasteiger partial charge in [-0.25, -0.2) is 0 Å². The molecule has 2 unspecified atom stereocenters. The first kappa shape index (κ1) is 16.8. The second kappa shape index (κ2) is 7.13. The molecule has 2 rings (SSSR count). The van der Waals surface area contributed by atoms with Gasteiger partial charge < -0.3 is 0 Å². The van der Waals surface area contributed by atoms with E-state index in [9.17, 15) is 0 Å². The van der Waals surface area contributed by atoms with Crippen LogP contribution in [0, 0.1) is 0 Å². The Bertz CT molecular complexity index is 596. The highest BCUT2D eigenvalue weighted by Gasteiger charge is 2.25. The molecule has 2 atom stereocenters. The average Bonchev–Trinajstić information content (AvgIpc) is 2.94. The predicted octanol–water partition coefficient (Wildman–Crippen LogP) is 6.16. The molecule has 0 bridgehead atoms.